The van der Waals surface area contributed by atoms with E-state index in [2.05, 4.69) is 20.3 Å². The van der Waals surface area contributed by atoms with Gasteiger partial charge in [-0.1, -0.05) is 17.7 Å². The van der Waals surface area contributed by atoms with Gasteiger partial charge in [-0.05, 0) is 54.4 Å². The molecule has 0 bridgehead atoms. The molecule has 0 aliphatic rings. The molecule has 0 unspecified atom stereocenters. The van der Waals surface area contributed by atoms with Gasteiger partial charge in [0.1, 0.15) is 5.75 Å². The van der Waals surface area contributed by atoms with E-state index in [0.29, 0.717) is 28.6 Å². The molecule has 0 saturated carbocycles. The Kier molecular flexibility index (Phi) is 6.98. The average molecular weight is 461 g/mol. The van der Waals surface area contributed by atoms with Crippen molar-refractivity contribution in [1.82, 2.24) is 10.3 Å². The normalized spacial score (nSPS) is 10.9. The van der Waals surface area contributed by atoms with Crippen LogP contribution in [0.15, 0.2) is 65.8 Å². The van der Waals surface area contributed by atoms with Gasteiger partial charge in [-0.15, -0.1) is 0 Å². The predicted octanol–water partition coefficient (Wildman–Crippen LogP) is 4.17. The minimum Gasteiger partial charge on any atom is -0.495 e. The van der Waals surface area contributed by atoms with E-state index in [1.807, 2.05) is 6.07 Å². The summed E-state index contributed by atoms with van der Waals surface area (Å²) in [6, 6.07) is 12.2. The van der Waals surface area contributed by atoms with Gasteiger partial charge in [0.15, 0.2) is 0 Å². The Morgan fingerprint density at radius 2 is 1.90 bits per heavy atom. The van der Waals surface area contributed by atoms with E-state index in [9.17, 15) is 13.2 Å². The molecule has 0 aliphatic heterocycles. The molecule has 2 aromatic carbocycles. The number of hydrogen-bond donors (Lipinski definition) is 3. The highest BCUT2D eigenvalue weighted by Gasteiger charge is 2.18. The van der Waals surface area contributed by atoms with Crippen LogP contribution in [0.5, 0.6) is 5.75 Å². The molecule has 0 fully saturated rings. The second-order valence-electron chi connectivity index (χ2n) is 6.60. The molecule has 3 rings (SSSR count). The molecule has 1 aromatic heterocycles. The molecule has 2 amide bonds. The zero-order valence-electron chi connectivity index (χ0n) is 16.8. The number of amides is 2. The Morgan fingerprint density at radius 3 is 2.55 bits per heavy atom. The molecule has 3 N–H and O–H groups in total. The number of nitrogens with zero attached hydrogens (tertiary/aromatic N) is 1. The lowest BCUT2D eigenvalue weighted by Gasteiger charge is -2.14. The number of aromatic nitrogens is 1. The number of urea groups is 1. The fraction of sp³-hybridized carbons (Fsp3) is 0.143. The second kappa shape index (κ2) is 9.67. The van der Waals surface area contributed by atoms with Crippen LogP contribution < -0.4 is 20.1 Å². The predicted molar refractivity (Wildman–Crippen MR) is 120 cm³/mol. The van der Waals surface area contributed by atoms with Gasteiger partial charge in [-0.3, -0.25) is 9.71 Å². The molecule has 0 spiro atoms. The number of aryl methyl sites for hydroxylation is 1. The van der Waals surface area contributed by atoms with Crippen molar-refractivity contribution in [3.63, 3.8) is 0 Å². The number of rotatable bonds is 7. The van der Waals surface area contributed by atoms with Gasteiger partial charge < -0.3 is 15.4 Å². The third kappa shape index (κ3) is 5.87. The molecule has 0 saturated heterocycles. The van der Waals surface area contributed by atoms with Crippen molar-refractivity contribution in [1.29, 1.82) is 0 Å². The smallest absolute Gasteiger partial charge is 0.319 e. The first-order valence-corrected chi connectivity index (χ1v) is 11.1. The number of pyridine rings is 1. The van der Waals surface area contributed by atoms with Crippen LogP contribution in [0.25, 0.3) is 0 Å². The number of nitrogens with one attached hydrogen (secondary N) is 3. The quantitative estimate of drug-likeness (QED) is 0.490. The highest BCUT2D eigenvalue weighted by molar-refractivity contribution is 7.92. The molecular formula is C21H21ClN4O4S. The van der Waals surface area contributed by atoms with Crippen molar-refractivity contribution in [2.45, 2.75) is 18.4 Å². The van der Waals surface area contributed by atoms with Crippen molar-refractivity contribution in [2.75, 3.05) is 17.1 Å². The maximum atomic E-state index is 12.8. The molecule has 162 valence electrons. The summed E-state index contributed by atoms with van der Waals surface area (Å²) in [5.74, 6) is 0.308. The number of methoxy groups -OCH3 is 1. The van der Waals surface area contributed by atoms with Crippen LogP contribution in [0.2, 0.25) is 5.02 Å². The molecule has 0 atom stereocenters. The number of benzene rings is 2. The first kappa shape index (κ1) is 22.4. The average Bonchev–Trinajstić information content (AvgIpc) is 2.75. The number of ether oxygens (including phenoxy) is 1. The SMILES string of the molecule is COc1cc(Cl)c(C)cc1NS(=O)(=O)c1ccc(NC(=O)NCc2cccnc2)cc1. The standard InChI is InChI=1S/C21H21ClN4O4S/c1-14-10-19(20(30-2)11-18(14)22)26-31(28,29)17-7-5-16(6-8-17)25-21(27)24-13-15-4-3-9-23-12-15/h3-12,26H,13H2,1-2H3,(H2,24,25,27). The Morgan fingerprint density at radius 1 is 1.16 bits per heavy atom. The third-order valence-corrected chi connectivity index (χ3v) is 6.11. The van der Waals surface area contributed by atoms with Gasteiger partial charge in [-0.25, -0.2) is 13.2 Å². The first-order chi connectivity index (χ1) is 14.8. The van der Waals surface area contributed by atoms with Crippen LogP contribution in [0.3, 0.4) is 0 Å². The number of carbonyl (C=O) groups excluding carboxylic acids is 1. The van der Waals surface area contributed by atoms with Gasteiger partial charge >= 0.3 is 6.03 Å². The largest absolute Gasteiger partial charge is 0.495 e. The number of carbonyl (C=O) groups is 1. The van der Waals surface area contributed by atoms with E-state index in [-0.39, 0.29) is 10.6 Å². The van der Waals surface area contributed by atoms with Gasteiger partial charge in [0, 0.05) is 35.7 Å². The highest BCUT2D eigenvalue weighted by atomic mass is 35.5. The lowest BCUT2D eigenvalue weighted by Crippen LogP contribution is -2.28. The zero-order valence-corrected chi connectivity index (χ0v) is 18.4. The van der Waals surface area contributed by atoms with Gasteiger partial charge in [0.05, 0.1) is 17.7 Å². The Balaban J connectivity index is 1.66. The maximum Gasteiger partial charge on any atom is 0.319 e. The van der Waals surface area contributed by atoms with E-state index < -0.39 is 16.1 Å². The summed E-state index contributed by atoms with van der Waals surface area (Å²) in [4.78, 5) is 16.1. The third-order valence-electron chi connectivity index (χ3n) is 4.32. The minimum absolute atomic E-state index is 0.0310. The zero-order chi connectivity index (χ0) is 22.4. The summed E-state index contributed by atoms with van der Waals surface area (Å²) in [6.45, 7) is 2.08. The number of anilines is 2. The summed E-state index contributed by atoms with van der Waals surface area (Å²) in [6.07, 6.45) is 3.31. The topological polar surface area (TPSA) is 109 Å². The van der Waals surface area contributed by atoms with Crippen molar-refractivity contribution < 1.29 is 17.9 Å². The van der Waals surface area contributed by atoms with Crippen LogP contribution in [0.4, 0.5) is 16.2 Å². The first-order valence-electron chi connectivity index (χ1n) is 9.19. The molecule has 1 heterocycles. The molecule has 31 heavy (non-hydrogen) atoms. The summed E-state index contributed by atoms with van der Waals surface area (Å²) < 4.78 is 33.2. The summed E-state index contributed by atoms with van der Waals surface area (Å²) in [7, 11) is -2.45. The highest BCUT2D eigenvalue weighted by Crippen LogP contribution is 2.32. The van der Waals surface area contributed by atoms with Gasteiger partial charge in [0.25, 0.3) is 10.0 Å². The van der Waals surface area contributed by atoms with Gasteiger partial charge in [0.2, 0.25) is 0 Å². The van der Waals surface area contributed by atoms with E-state index in [1.165, 1.54) is 31.4 Å². The fourth-order valence-corrected chi connectivity index (χ4v) is 3.91. The molecule has 0 aliphatic carbocycles. The van der Waals surface area contributed by atoms with Crippen LogP contribution in [0, 0.1) is 6.92 Å². The van der Waals surface area contributed by atoms with Crippen LogP contribution in [-0.2, 0) is 16.6 Å². The summed E-state index contributed by atoms with van der Waals surface area (Å²) >= 11 is 6.07. The Bertz CT molecular complexity index is 1170. The van der Waals surface area contributed by atoms with Gasteiger partial charge in [-0.2, -0.15) is 0 Å². The molecular weight excluding hydrogens is 440 g/mol. The molecule has 8 nitrogen and oxygen atoms in total. The number of hydrogen-bond acceptors (Lipinski definition) is 5. The van der Waals surface area contributed by atoms with E-state index >= 15 is 0 Å². The molecule has 0 radical (unpaired) electrons. The minimum atomic E-state index is -3.88. The lowest BCUT2D eigenvalue weighted by molar-refractivity contribution is 0.251. The van der Waals surface area contributed by atoms with Crippen molar-refractivity contribution in [3.8, 4) is 5.75 Å². The van der Waals surface area contributed by atoms with E-state index in [1.54, 1.807) is 37.5 Å². The van der Waals surface area contributed by atoms with Crippen LogP contribution in [-0.4, -0.2) is 26.5 Å². The molecule has 3 aromatic rings. The van der Waals surface area contributed by atoms with Crippen LogP contribution >= 0.6 is 11.6 Å². The van der Waals surface area contributed by atoms with Crippen molar-refractivity contribution in [3.05, 3.63) is 77.1 Å². The van der Waals surface area contributed by atoms with Crippen molar-refractivity contribution >= 4 is 39.0 Å². The summed E-state index contributed by atoms with van der Waals surface area (Å²) in [5.41, 5.74) is 2.29. The Hall–Kier alpha value is -3.30. The Labute approximate surface area is 185 Å². The van der Waals surface area contributed by atoms with Crippen molar-refractivity contribution in [2.24, 2.45) is 0 Å². The molecule has 10 heteroatoms. The summed E-state index contributed by atoms with van der Waals surface area (Å²) in [5, 5.41) is 5.82. The second-order valence-corrected chi connectivity index (χ2v) is 8.69. The maximum absolute atomic E-state index is 12.8. The number of halogens is 1. The van der Waals surface area contributed by atoms with Crippen LogP contribution in [0.1, 0.15) is 11.1 Å². The van der Waals surface area contributed by atoms with E-state index in [4.69, 9.17) is 16.3 Å². The monoisotopic (exact) mass is 460 g/mol. The fourth-order valence-electron chi connectivity index (χ4n) is 2.69. The van der Waals surface area contributed by atoms with E-state index in [0.717, 1.165) is 5.56 Å². The lowest BCUT2D eigenvalue weighted by atomic mass is 10.2. The number of sulfonamides is 1.